The molecular formula is C16H29N5O2S. The summed E-state index contributed by atoms with van der Waals surface area (Å²) in [6.45, 7) is 7.54. The van der Waals surface area contributed by atoms with Gasteiger partial charge < -0.3 is 9.80 Å². The first-order chi connectivity index (χ1) is 11.2. The predicted molar refractivity (Wildman–Crippen MR) is 97.9 cm³/mol. The van der Waals surface area contributed by atoms with E-state index in [0.29, 0.717) is 18.9 Å². The number of nitrogens with one attached hydrogen (secondary N) is 1. The molecule has 1 aliphatic rings. The Hall–Kier alpha value is -1.41. The third-order valence-electron chi connectivity index (χ3n) is 4.41. The highest BCUT2D eigenvalue weighted by atomic mass is 32.2. The Bertz CT molecular complexity index is 648. The lowest BCUT2D eigenvalue weighted by Crippen LogP contribution is -2.42. The summed E-state index contributed by atoms with van der Waals surface area (Å²) < 4.78 is 27.3. The molecule has 2 rings (SSSR count). The van der Waals surface area contributed by atoms with Gasteiger partial charge in [-0.1, -0.05) is 20.8 Å². The Morgan fingerprint density at radius 2 is 1.96 bits per heavy atom. The molecule has 0 aliphatic carbocycles. The van der Waals surface area contributed by atoms with Crippen LogP contribution in [0.2, 0.25) is 0 Å². The Morgan fingerprint density at radius 1 is 1.29 bits per heavy atom. The SMILES string of the molecule is CCCS(=O)(=O)N[C@H]1CN(c2nccnc2N(C)C)C[C@@H]1C(C)C. The van der Waals surface area contributed by atoms with Gasteiger partial charge in [0.15, 0.2) is 11.6 Å². The topological polar surface area (TPSA) is 78.4 Å². The molecule has 1 aromatic heterocycles. The van der Waals surface area contributed by atoms with E-state index in [1.165, 1.54) is 0 Å². The second kappa shape index (κ2) is 7.65. The maximum atomic E-state index is 12.2. The van der Waals surface area contributed by atoms with Gasteiger partial charge in [0.25, 0.3) is 0 Å². The molecule has 1 saturated heterocycles. The largest absolute Gasteiger partial charge is 0.360 e. The zero-order valence-corrected chi connectivity index (χ0v) is 16.0. The van der Waals surface area contributed by atoms with Crippen LogP contribution in [0.5, 0.6) is 0 Å². The highest BCUT2D eigenvalue weighted by Crippen LogP contribution is 2.31. The molecule has 8 heteroatoms. The van der Waals surface area contributed by atoms with Crippen molar-refractivity contribution in [2.75, 3.05) is 42.7 Å². The summed E-state index contributed by atoms with van der Waals surface area (Å²) in [5.41, 5.74) is 0. The smallest absolute Gasteiger partial charge is 0.211 e. The van der Waals surface area contributed by atoms with Gasteiger partial charge in [0, 0.05) is 45.6 Å². The lowest BCUT2D eigenvalue weighted by Gasteiger charge is -2.23. The molecule has 24 heavy (non-hydrogen) atoms. The summed E-state index contributed by atoms with van der Waals surface area (Å²) in [6.07, 6.45) is 3.98. The fourth-order valence-corrected chi connectivity index (χ4v) is 4.59. The second-order valence-electron chi connectivity index (χ2n) is 6.95. The van der Waals surface area contributed by atoms with Gasteiger partial charge in [-0.25, -0.2) is 23.1 Å². The molecule has 0 radical (unpaired) electrons. The summed E-state index contributed by atoms with van der Waals surface area (Å²) in [7, 11) is 0.634. The fourth-order valence-electron chi connectivity index (χ4n) is 3.22. The highest BCUT2D eigenvalue weighted by molar-refractivity contribution is 7.89. The number of rotatable bonds is 7. The summed E-state index contributed by atoms with van der Waals surface area (Å²) in [5.74, 6) is 2.41. The number of anilines is 2. The van der Waals surface area contributed by atoms with Gasteiger partial charge in [0.1, 0.15) is 0 Å². The van der Waals surface area contributed by atoms with E-state index in [1.807, 2.05) is 25.9 Å². The molecule has 0 spiro atoms. The number of sulfonamides is 1. The quantitative estimate of drug-likeness (QED) is 0.795. The van der Waals surface area contributed by atoms with Crippen molar-refractivity contribution in [3.05, 3.63) is 12.4 Å². The number of nitrogens with zero attached hydrogens (tertiary/aromatic N) is 4. The minimum Gasteiger partial charge on any atom is -0.360 e. The van der Waals surface area contributed by atoms with Gasteiger partial charge in [-0.05, 0) is 18.3 Å². The number of aromatic nitrogens is 2. The molecule has 1 aliphatic heterocycles. The van der Waals surface area contributed by atoms with Crippen LogP contribution in [0.3, 0.4) is 0 Å². The highest BCUT2D eigenvalue weighted by Gasteiger charge is 2.38. The van der Waals surface area contributed by atoms with Crippen molar-refractivity contribution in [1.82, 2.24) is 14.7 Å². The molecule has 136 valence electrons. The summed E-state index contributed by atoms with van der Waals surface area (Å²) >= 11 is 0. The van der Waals surface area contributed by atoms with E-state index in [2.05, 4.69) is 33.4 Å². The first-order valence-electron chi connectivity index (χ1n) is 8.48. The first-order valence-corrected chi connectivity index (χ1v) is 10.1. The third-order valence-corrected chi connectivity index (χ3v) is 6.02. The van der Waals surface area contributed by atoms with Gasteiger partial charge in [-0.2, -0.15) is 0 Å². The van der Waals surface area contributed by atoms with Gasteiger partial charge in [0.05, 0.1) is 5.75 Å². The molecule has 7 nitrogen and oxygen atoms in total. The van der Waals surface area contributed by atoms with Crippen LogP contribution in [-0.2, 0) is 10.0 Å². The fraction of sp³-hybridized carbons (Fsp3) is 0.750. The van der Waals surface area contributed by atoms with Crippen LogP contribution in [0.4, 0.5) is 11.6 Å². The van der Waals surface area contributed by atoms with Crippen LogP contribution < -0.4 is 14.5 Å². The van der Waals surface area contributed by atoms with E-state index in [9.17, 15) is 8.42 Å². The van der Waals surface area contributed by atoms with E-state index in [4.69, 9.17) is 0 Å². The molecule has 1 aromatic rings. The Labute approximate surface area is 145 Å². The van der Waals surface area contributed by atoms with E-state index >= 15 is 0 Å². The summed E-state index contributed by atoms with van der Waals surface area (Å²) in [4.78, 5) is 13.0. The number of hydrogen-bond donors (Lipinski definition) is 1. The molecule has 2 heterocycles. The third kappa shape index (κ3) is 4.36. The average molecular weight is 356 g/mol. The number of hydrogen-bond acceptors (Lipinski definition) is 6. The predicted octanol–water partition coefficient (Wildman–Crippen LogP) is 1.33. The Balaban J connectivity index is 2.24. The Kier molecular flexibility index (Phi) is 6.03. The van der Waals surface area contributed by atoms with Gasteiger partial charge >= 0.3 is 0 Å². The molecule has 0 unspecified atom stereocenters. The minimum absolute atomic E-state index is 0.0985. The van der Waals surface area contributed by atoms with Gasteiger partial charge in [0.2, 0.25) is 10.0 Å². The standard InChI is InChI=1S/C16H29N5O2S/c1-6-9-24(22,23)19-14-11-21(10-13(14)12(2)3)16-15(20(4)5)17-7-8-18-16/h7-8,12-14,19H,6,9-11H2,1-5H3/t13-,14+/m1/s1. The molecule has 0 amide bonds. The molecule has 2 atom stereocenters. The Morgan fingerprint density at radius 3 is 2.54 bits per heavy atom. The van der Waals surface area contributed by atoms with Crippen molar-refractivity contribution >= 4 is 21.7 Å². The van der Waals surface area contributed by atoms with Crippen molar-refractivity contribution in [3.8, 4) is 0 Å². The monoisotopic (exact) mass is 355 g/mol. The lowest BCUT2D eigenvalue weighted by atomic mass is 9.92. The maximum Gasteiger partial charge on any atom is 0.211 e. The normalized spacial score (nSPS) is 21.5. The van der Waals surface area contributed by atoms with Crippen LogP contribution in [0.25, 0.3) is 0 Å². The van der Waals surface area contributed by atoms with Crippen molar-refractivity contribution < 1.29 is 8.42 Å². The van der Waals surface area contributed by atoms with Crippen LogP contribution in [0.15, 0.2) is 12.4 Å². The van der Waals surface area contributed by atoms with E-state index < -0.39 is 10.0 Å². The van der Waals surface area contributed by atoms with Crippen molar-refractivity contribution in [2.45, 2.75) is 33.2 Å². The molecule has 0 bridgehead atoms. The van der Waals surface area contributed by atoms with Crippen molar-refractivity contribution in [2.24, 2.45) is 11.8 Å². The van der Waals surface area contributed by atoms with Crippen molar-refractivity contribution in [3.63, 3.8) is 0 Å². The first kappa shape index (κ1) is 18.9. The average Bonchev–Trinajstić information content (AvgIpc) is 2.90. The summed E-state index contributed by atoms with van der Waals surface area (Å²) in [6, 6.07) is -0.0985. The van der Waals surface area contributed by atoms with Gasteiger partial charge in [-0.15, -0.1) is 0 Å². The van der Waals surface area contributed by atoms with E-state index in [-0.39, 0.29) is 17.7 Å². The minimum atomic E-state index is -3.24. The zero-order chi connectivity index (χ0) is 17.9. The molecule has 0 aromatic carbocycles. The molecule has 0 saturated carbocycles. The zero-order valence-electron chi connectivity index (χ0n) is 15.2. The molecular weight excluding hydrogens is 326 g/mol. The van der Waals surface area contributed by atoms with Crippen molar-refractivity contribution in [1.29, 1.82) is 0 Å². The van der Waals surface area contributed by atoms with E-state index in [1.54, 1.807) is 12.4 Å². The van der Waals surface area contributed by atoms with Crippen LogP contribution in [0, 0.1) is 11.8 Å². The molecule has 1 fully saturated rings. The van der Waals surface area contributed by atoms with Crippen LogP contribution >= 0.6 is 0 Å². The van der Waals surface area contributed by atoms with E-state index in [0.717, 1.165) is 18.2 Å². The second-order valence-corrected chi connectivity index (χ2v) is 8.83. The van der Waals surface area contributed by atoms with Gasteiger partial charge in [-0.3, -0.25) is 0 Å². The summed E-state index contributed by atoms with van der Waals surface area (Å²) in [5, 5.41) is 0. The van der Waals surface area contributed by atoms with Crippen LogP contribution in [-0.4, -0.2) is 57.4 Å². The molecule has 1 N–H and O–H groups in total. The lowest BCUT2D eigenvalue weighted by molar-refractivity contribution is 0.364. The maximum absolute atomic E-state index is 12.2. The van der Waals surface area contributed by atoms with Crippen LogP contribution in [0.1, 0.15) is 27.2 Å².